The number of phenols is 1. The predicted molar refractivity (Wildman–Crippen MR) is 119 cm³/mol. The van der Waals surface area contributed by atoms with Crippen LogP contribution in [0.3, 0.4) is 0 Å². The Morgan fingerprint density at radius 3 is 2.30 bits per heavy atom. The molecule has 2 N–H and O–H groups in total. The Kier molecular flexibility index (Phi) is 5.68. The Morgan fingerprint density at radius 2 is 1.64 bits per heavy atom. The highest BCUT2D eigenvalue weighted by Crippen LogP contribution is 2.31. The third-order valence-corrected chi connectivity index (χ3v) is 5.92. The summed E-state index contributed by atoms with van der Waals surface area (Å²) in [7, 11) is 0. The number of hydrogen-bond donors (Lipinski definition) is 2. The number of benzene rings is 2. The molecule has 33 heavy (non-hydrogen) atoms. The van der Waals surface area contributed by atoms with E-state index >= 15 is 0 Å². The lowest BCUT2D eigenvalue weighted by atomic mass is 10.0. The van der Waals surface area contributed by atoms with Crippen molar-refractivity contribution in [2.45, 2.75) is 39.7 Å². The number of aliphatic carboxylic acids is 1. The van der Waals surface area contributed by atoms with Crippen molar-refractivity contribution in [2.75, 3.05) is 0 Å². The van der Waals surface area contributed by atoms with Gasteiger partial charge in [0.05, 0.1) is 24.0 Å². The minimum Gasteiger partial charge on any atom is -0.548 e. The molecule has 2 aromatic carbocycles. The van der Waals surface area contributed by atoms with E-state index in [2.05, 4.69) is 5.32 Å². The topological polar surface area (TPSA) is 133 Å². The Balaban J connectivity index is 1.61. The number of amides is 1. The largest absolute Gasteiger partial charge is 0.548 e. The van der Waals surface area contributed by atoms with Gasteiger partial charge in [0.25, 0.3) is 0 Å². The Hall–Kier alpha value is -4.07. The summed E-state index contributed by atoms with van der Waals surface area (Å²) in [5, 5.41) is 24.9. The summed E-state index contributed by atoms with van der Waals surface area (Å²) < 4.78 is 11.1. The van der Waals surface area contributed by atoms with E-state index in [1.807, 2.05) is 19.9 Å². The number of carbonyl (C=O) groups excluding carboxylic acids is 2. The summed E-state index contributed by atoms with van der Waals surface area (Å²) in [6, 6.07) is 8.18. The summed E-state index contributed by atoms with van der Waals surface area (Å²) in [5.41, 5.74) is 2.60. The van der Waals surface area contributed by atoms with Crippen molar-refractivity contribution < 1.29 is 28.6 Å². The first-order valence-corrected chi connectivity index (χ1v) is 10.4. The summed E-state index contributed by atoms with van der Waals surface area (Å²) >= 11 is 0. The zero-order valence-corrected chi connectivity index (χ0v) is 18.4. The monoisotopic (exact) mass is 448 g/mol. The molecular weight excluding hydrogens is 426 g/mol. The molecule has 0 saturated carbocycles. The van der Waals surface area contributed by atoms with E-state index in [0.717, 1.165) is 16.7 Å². The van der Waals surface area contributed by atoms with Crippen LogP contribution < -0.4 is 16.0 Å². The fourth-order valence-electron chi connectivity index (χ4n) is 3.90. The molecule has 2 heterocycles. The zero-order chi connectivity index (χ0) is 23.9. The number of carboxylic acids is 1. The van der Waals surface area contributed by atoms with Crippen LogP contribution in [0.1, 0.15) is 28.0 Å². The van der Waals surface area contributed by atoms with E-state index in [4.69, 9.17) is 8.83 Å². The van der Waals surface area contributed by atoms with Gasteiger partial charge in [-0.3, -0.25) is 4.79 Å². The van der Waals surface area contributed by atoms with Gasteiger partial charge in [-0.15, -0.1) is 0 Å². The van der Waals surface area contributed by atoms with Crippen molar-refractivity contribution in [3.8, 4) is 5.75 Å². The molecule has 2 aromatic heterocycles. The number of fused-ring (bicyclic) bond motifs is 2. The molecule has 8 nitrogen and oxygen atoms in total. The smallest absolute Gasteiger partial charge is 0.340 e. The average molecular weight is 448 g/mol. The Bertz CT molecular complexity index is 1440. The Labute approximate surface area is 188 Å². The van der Waals surface area contributed by atoms with Crippen LogP contribution >= 0.6 is 0 Å². The van der Waals surface area contributed by atoms with Gasteiger partial charge in [0.15, 0.2) is 0 Å². The minimum atomic E-state index is -1.45. The van der Waals surface area contributed by atoms with E-state index in [9.17, 15) is 24.6 Å². The number of carbonyl (C=O) groups is 2. The number of furan rings is 1. The van der Waals surface area contributed by atoms with E-state index in [-0.39, 0.29) is 24.2 Å². The van der Waals surface area contributed by atoms with Crippen LogP contribution in [0.4, 0.5) is 0 Å². The van der Waals surface area contributed by atoms with E-state index < -0.39 is 23.5 Å². The average Bonchev–Trinajstić information content (AvgIpc) is 3.03. The molecule has 1 amide bonds. The molecular formula is C25H22NO7-. The maximum Gasteiger partial charge on any atom is 0.340 e. The van der Waals surface area contributed by atoms with Crippen LogP contribution in [0.15, 0.2) is 50.0 Å². The first-order chi connectivity index (χ1) is 15.6. The molecule has 0 unspecified atom stereocenters. The lowest BCUT2D eigenvalue weighted by Gasteiger charge is -2.20. The number of phenolic OH excluding ortho intramolecular Hbond substituents is 1. The molecule has 4 rings (SSSR count). The fourth-order valence-corrected chi connectivity index (χ4v) is 3.90. The molecule has 0 aliphatic rings. The SMILES string of the molecule is Cc1oc2cc3oc(=O)c(CC(=O)N[C@@H](Cc4ccc(O)cc4)C(=O)[O-])c(C)c3cc2c1C. The summed E-state index contributed by atoms with van der Waals surface area (Å²) in [6.07, 6.45) is -0.373. The molecule has 4 aromatic rings. The van der Waals surface area contributed by atoms with Crippen LogP contribution in [-0.2, 0) is 22.4 Å². The molecule has 0 aliphatic carbocycles. The third-order valence-electron chi connectivity index (χ3n) is 5.92. The second-order valence-corrected chi connectivity index (χ2v) is 8.11. The van der Waals surface area contributed by atoms with Gasteiger partial charge >= 0.3 is 5.63 Å². The number of carboxylic acid groups (broad SMARTS) is 1. The van der Waals surface area contributed by atoms with E-state index in [1.54, 1.807) is 25.1 Å². The minimum absolute atomic E-state index is 0.0310. The normalized spacial score (nSPS) is 12.2. The number of hydrogen-bond acceptors (Lipinski definition) is 7. The molecule has 170 valence electrons. The van der Waals surface area contributed by atoms with Gasteiger partial charge in [0.2, 0.25) is 5.91 Å². The molecule has 0 radical (unpaired) electrons. The van der Waals surface area contributed by atoms with Crippen molar-refractivity contribution in [1.29, 1.82) is 0 Å². The maximum atomic E-state index is 12.6. The molecule has 0 spiro atoms. The first-order valence-electron chi connectivity index (χ1n) is 10.4. The quantitative estimate of drug-likeness (QED) is 0.432. The van der Waals surface area contributed by atoms with Crippen LogP contribution in [0, 0.1) is 20.8 Å². The van der Waals surface area contributed by atoms with Crippen LogP contribution in [-0.4, -0.2) is 23.0 Å². The molecule has 1 atom stereocenters. The van der Waals surface area contributed by atoms with Crippen molar-refractivity contribution in [3.63, 3.8) is 0 Å². The highest BCUT2D eigenvalue weighted by molar-refractivity contribution is 5.97. The summed E-state index contributed by atoms with van der Waals surface area (Å²) in [6.45, 7) is 5.51. The number of nitrogens with one attached hydrogen (secondary N) is 1. The van der Waals surface area contributed by atoms with Gasteiger partial charge in [-0.25, -0.2) is 4.79 Å². The first kappa shape index (κ1) is 22.1. The Morgan fingerprint density at radius 1 is 1.00 bits per heavy atom. The zero-order valence-electron chi connectivity index (χ0n) is 18.4. The summed E-state index contributed by atoms with van der Waals surface area (Å²) in [4.78, 5) is 36.8. The van der Waals surface area contributed by atoms with Crippen molar-refractivity contribution in [2.24, 2.45) is 0 Å². The van der Waals surface area contributed by atoms with Crippen molar-refractivity contribution in [1.82, 2.24) is 5.32 Å². The molecule has 8 heteroatoms. The van der Waals surface area contributed by atoms with Gasteiger partial charge in [0, 0.05) is 16.8 Å². The van der Waals surface area contributed by atoms with Gasteiger partial charge in [-0.2, -0.15) is 0 Å². The summed E-state index contributed by atoms with van der Waals surface area (Å²) in [5.74, 6) is -1.28. The highest BCUT2D eigenvalue weighted by Gasteiger charge is 2.20. The highest BCUT2D eigenvalue weighted by atomic mass is 16.4. The van der Waals surface area contributed by atoms with Crippen LogP contribution in [0.25, 0.3) is 21.9 Å². The van der Waals surface area contributed by atoms with Gasteiger partial charge in [-0.05, 0) is 62.1 Å². The number of aryl methyl sites for hydroxylation is 3. The second-order valence-electron chi connectivity index (χ2n) is 8.11. The standard InChI is InChI=1S/C25H23NO7/c1-12-14(3)32-21-11-22-18(9-17(12)21)13(2)19(25(31)33-22)10-23(28)26-20(24(29)30)8-15-4-6-16(27)7-5-15/h4-7,9,11,20,27H,8,10H2,1-3H3,(H,26,28)(H,29,30)/p-1/t20-/m0/s1. The molecule has 0 saturated heterocycles. The van der Waals surface area contributed by atoms with Crippen molar-refractivity contribution >= 4 is 33.8 Å². The lowest BCUT2D eigenvalue weighted by Crippen LogP contribution is -2.49. The lowest BCUT2D eigenvalue weighted by molar-refractivity contribution is -0.308. The maximum absolute atomic E-state index is 12.6. The van der Waals surface area contributed by atoms with Gasteiger partial charge in [0.1, 0.15) is 22.7 Å². The van der Waals surface area contributed by atoms with E-state index in [1.165, 1.54) is 12.1 Å². The van der Waals surface area contributed by atoms with Crippen molar-refractivity contribution in [3.05, 3.63) is 74.8 Å². The molecule has 0 aliphatic heterocycles. The molecule has 0 bridgehead atoms. The fraction of sp³-hybridized carbons (Fsp3) is 0.240. The molecule has 0 fully saturated rings. The second kappa shape index (κ2) is 8.46. The van der Waals surface area contributed by atoms with Gasteiger partial charge in [-0.1, -0.05) is 12.1 Å². The van der Waals surface area contributed by atoms with Crippen LogP contribution in [0.5, 0.6) is 5.75 Å². The number of aromatic hydroxyl groups is 1. The van der Waals surface area contributed by atoms with Gasteiger partial charge < -0.3 is 29.2 Å². The van der Waals surface area contributed by atoms with E-state index in [0.29, 0.717) is 27.7 Å². The van der Waals surface area contributed by atoms with Crippen LogP contribution in [0.2, 0.25) is 0 Å². The predicted octanol–water partition coefficient (Wildman–Crippen LogP) is 2.19. The third kappa shape index (κ3) is 4.32. The number of rotatable bonds is 6.